The van der Waals surface area contributed by atoms with Crippen molar-refractivity contribution in [1.82, 2.24) is 19.9 Å². The third kappa shape index (κ3) is 2.61. The molecule has 27 heavy (non-hydrogen) atoms. The van der Waals surface area contributed by atoms with E-state index in [0.717, 1.165) is 36.2 Å². The predicted molar refractivity (Wildman–Crippen MR) is 105 cm³/mol. The molecule has 1 saturated carbocycles. The summed E-state index contributed by atoms with van der Waals surface area (Å²) in [7, 11) is 0. The normalized spacial score (nSPS) is 18.3. The molecule has 2 aromatic heterocycles. The van der Waals surface area contributed by atoms with Crippen molar-refractivity contribution in [3.05, 3.63) is 47.4 Å². The number of carbonyl (C=O) groups excluding carboxylic acids is 1. The van der Waals surface area contributed by atoms with Gasteiger partial charge in [-0.15, -0.1) is 0 Å². The molecule has 2 aliphatic rings. The van der Waals surface area contributed by atoms with E-state index in [-0.39, 0.29) is 11.4 Å². The van der Waals surface area contributed by atoms with Gasteiger partial charge in [0.2, 0.25) is 0 Å². The number of aromatic nitrogens is 3. The first-order chi connectivity index (χ1) is 13.1. The maximum atomic E-state index is 13.0. The van der Waals surface area contributed by atoms with Gasteiger partial charge in [-0.2, -0.15) is 0 Å². The number of nitrogens with zero attached hydrogens (tertiary/aromatic N) is 4. The number of fused-ring (bicyclic) bond motifs is 1. The lowest BCUT2D eigenvalue weighted by atomic mass is 10.1. The molecule has 1 aromatic carbocycles. The fraction of sp³-hybridized carbons (Fsp3) is 0.316. The molecular weight excluding hydrogens is 364 g/mol. The number of anilines is 2. The number of aromatic amines is 1. The number of nitrogen functional groups attached to an aromatic ring is 1. The van der Waals surface area contributed by atoms with E-state index in [9.17, 15) is 4.79 Å². The molecule has 5 rings (SSSR count). The first kappa shape index (κ1) is 16.4. The van der Waals surface area contributed by atoms with Gasteiger partial charge < -0.3 is 20.5 Å². The van der Waals surface area contributed by atoms with Crippen molar-refractivity contribution < 1.29 is 4.79 Å². The zero-order valence-corrected chi connectivity index (χ0v) is 15.4. The van der Waals surface area contributed by atoms with Crippen LogP contribution in [0.15, 0.2) is 36.8 Å². The molecule has 1 aliphatic carbocycles. The van der Waals surface area contributed by atoms with Gasteiger partial charge in [-0.05, 0) is 37.1 Å². The number of piperazine rings is 1. The standard InChI is InChI=1S/C19H19ClN6O/c20-14-9-22-16-15(14)17(24-11-23-16)25-7-8-26(19(10-25)5-6-19)18(27)12-1-3-13(21)4-2-12/h1-4,9,11H,5-8,10,21H2,(H,22,23,24). The Morgan fingerprint density at radius 3 is 2.70 bits per heavy atom. The van der Waals surface area contributed by atoms with Gasteiger partial charge in [0.1, 0.15) is 17.8 Å². The Balaban J connectivity index is 1.43. The lowest BCUT2D eigenvalue weighted by molar-refractivity contribution is 0.0624. The van der Waals surface area contributed by atoms with Crippen LogP contribution in [-0.2, 0) is 0 Å². The molecule has 8 heteroatoms. The number of nitrogens with one attached hydrogen (secondary N) is 1. The maximum Gasteiger partial charge on any atom is 0.254 e. The Hall–Kier alpha value is -2.80. The first-order valence-corrected chi connectivity index (χ1v) is 9.35. The van der Waals surface area contributed by atoms with Gasteiger partial charge in [0.25, 0.3) is 5.91 Å². The van der Waals surface area contributed by atoms with Crippen molar-refractivity contribution in [1.29, 1.82) is 0 Å². The highest BCUT2D eigenvalue weighted by atomic mass is 35.5. The number of nitrogens with two attached hydrogens (primary N) is 1. The minimum Gasteiger partial charge on any atom is -0.399 e. The van der Waals surface area contributed by atoms with Crippen molar-refractivity contribution in [3.8, 4) is 0 Å². The predicted octanol–water partition coefficient (Wildman–Crippen LogP) is 2.69. The highest BCUT2D eigenvalue weighted by Gasteiger charge is 2.53. The van der Waals surface area contributed by atoms with Crippen LogP contribution in [0, 0.1) is 0 Å². The van der Waals surface area contributed by atoms with Crippen LogP contribution in [-0.4, -0.2) is 50.9 Å². The lowest BCUT2D eigenvalue weighted by Gasteiger charge is -2.43. The molecule has 3 aromatic rings. The second kappa shape index (κ2) is 5.85. The summed E-state index contributed by atoms with van der Waals surface area (Å²) in [6.07, 6.45) is 5.28. The monoisotopic (exact) mass is 382 g/mol. The molecule has 1 aliphatic heterocycles. The average Bonchev–Trinajstić information content (AvgIpc) is 3.34. The summed E-state index contributed by atoms with van der Waals surface area (Å²) in [4.78, 5) is 29.1. The summed E-state index contributed by atoms with van der Waals surface area (Å²) in [5.41, 5.74) is 7.69. The molecule has 0 radical (unpaired) electrons. The molecule has 1 saturated heterocycles. The van der Waals surface area contributed by atoms with Crippen molar-refractivity contribution in [2.24, 2.45) is 0 Å². The Morgan fingerprint density at radius 1 is 1.19 bits per heavy atom. The zero-order valence-electron chi connectivity index (χ0n) is 14.7. The summed E-state index contributed by atoms with van der Waals surface area (Å²) in [5, 5.41) is 1.46. The van der Waals surface area contributed by atoms with Gasteiger partial charge in [0.15, 0.2) is 0 Å². The van der Waals surface area contributed by atoms with Gasteiger partial charge in [-0.3, -0.25) is 4.79 Å². The number of benzene rings is 1. The van der Waals surface area contributed by atoms with Crippen LogP contribution in [0.1, 0.15) is 23.2 Å². The van der Waals surface area contributed by atoms with E-state index in [2.05, 4.69) is 19.9 Å². The van der Waals surface area contributed by atoms with Crippen molar-refractivity contribution >= 4 is 40.0 Å². The summed E-state index contributed by atoms with van der Waals surface area (Å²) in [6.45, 7) is 2.11. The minimum atomic E-state index is -0.128. The zero-order chi connectivity index (χ0) is 18.6. The number of amides is 1. The molecule has 0 atom stereocenters. The largest absolute Gasteiger partial charge is 0.399 e. The molecule has 0 unspecified atom stereocenters. The topological polar surface area (TPSA) is 91.1 Å². The number of carbonyl (C=O) groups is 1. The molecule has 0 bridgehead atoms. The van der Waals surface area contributed by atoms with Crippen LogP contribution < -0.4 is 10.6 Å². The van der Waals surface area contributed by atoms with Crippen LogP contribution in [0.25, 0.3) is 11.0 Å². The van der Waals surface area contributed by atoms with Crippen LogP contribution in [0.5, 0.6) is 0 Å². The fourth-order valence-corrected chi connectivity index (χ4v) is 4.21. The third-order valence-corrected chi connectivity index (χ3v) is 5.88. The quantitative estimate of drug-likeness (QED) is 0.665. The van der Waals surface area contributed by atoms with E-state index in [1.165, 1.54) is 0 Å². The molecule has 1 amide bonds. The second-order valence-corrected chi connectivity index (χ2v) is 7.69. The number of halogens is 1. The van der Waals surface area contributed by atoms with E-state index < -0.39 is 0 Å². The Labute approximate surface area is 161 Å². The summed E-state index contributed by atoms with van der Waals surface area (Å²) in [5.74, 6) is 0.900. The van der Waals surface area contributed by atoms with Gasteiger partial charge in [0.05, 0.1) is 15.9 Å². The average molecular weight is 383 g/mol. The molecule has 3 N–H and O–H groups in total. The van der Waals surface area contributed by atoms with Gasteiger partial charge >= 0.3 is 0 Å². The lowest BCUT2D eigenvalue weighted by Crippen LogP contribution is -2.57. The van der Waals surface area contributed by atoms with E-state index in [1.54, 1.807) is 36.8 Å². The fourth-order valence-electron chi connectivity index (χ4n) is 3.98. The number of rotatable bonds is 2. The van der Waals surface area contributed by atoms with Gasteiger partial charge in [0, 0.05) is 37.1 Å². The highest BCUT2D eigenvalue weighted by Crippen LogP contribution is 2.46. The Bertz CT molecular complexity index is 1030. The third-order valence-electron chi connectivity index (χ3n) is 5.58. The van der Waals surface area contributed by atoms with Crippen LogP contribution >= 0.6 is 11.6 Å². The molecule has 3 heterocycles. The maximum absolute atomic E-state index is 13.0. The van der Waals surface area contributed by atoms with E-state index in [0.29, 0.717) is 29.4 Å². The Morgan fingerprint density at radius 2 is 1.96 bits per heavy atom. The smallest absolute Gasteiger partial charge is 0.254 e. The van der Waals surface area contributed by atoms with Crippen molar-refractivity contribution in [2.75, 3.05) is 30.3 Å². The van der Waals surface area contributed by atoms with E-state index in [4.69, 9.17) is 17.3 Å². The molecule has 1 spiro atoms. The molecular formula is C19H19ClN6O. The van der Waals surface area contributed by atoms with E-state index in [1.807, 2.05) is 4.90 Å². The molecule has 138 valence electrons. The highest BCUT2D eigenvalue weighted by molar-refractivity contribution is 6.36. The summed E-state index contributed by atoms with van der Waals surface area (Å²) >= 11 is 6.34. The van der Waals surface area contributed by atoms with E-state index >= 15 is 0 Å². The van der Waals surface area contributed by atoms with Crippen molar-refractivity contribution in [2.45, 2.75) is 18.4 Å². The number of hydrogen-bond acceptors (Lipinski definition) is 5. The SMILES string of the molecule is Nc1ccc(C(=O)N2CCN(c3ncnc4[nH]cc(Cl)c34)CC23CC3)cc1. The van der Waals surface area contributed by atoms with Crippen LogP contribution in [0.2, 0.25) is 5.02 Å². The second-order valence-electron chi connectivity index (χ2n) is 7.28. The number of H-pyrrole nitrogens is 1. The first-order valence-electron chi connectivity index (χ1n) is 8.97. The van der Waals surface area contributed by atoms with Crippen LogP contribution in [0.4, 0.5) is 11.5 Å². The van der Waals surface area contributed by atoms with Crippen LogP contribution in [0.3, 0.4) is 0 Å². The summed E-state index contributed by atoms with van der Waals surface area (Å²) < 4.78 is 0. The summed E-state index contributed by atoms with van der Waals surface area (Å²) in [6, 6.07) is 7.14. The number of hydrogen-bond donors (Lipinski definition) is 2. The molecule has 2 fully saturated rings. The van der Waals surface area contributed by atoms with Gasteiger partial charge in [-0.1, -0.05) is 11.6 Å². The van der Waals surface area contributed by atoms with Gasteiger partial charge in [-0.25, -0.2) is 9.97 Å². The molecule has 7 nitrogen and oxygen atoms in total. The minimum absolute atomic E-state index is 0.0691. The Kier molecular flexibility index (Phi) is 3.55. The van der Waals surface area contributed by atoms with Crippen molar-refractivity contribution in [3.63, 3.8) is 0 Å².